The van der Waals surface area contributed by atoms with Gasteiger partial charge in [-0.1, -0.05) is 29.8 Å². The molecule has 0 fully saturated rings. The lowest BCUT2D eigenvalue weighted by atomic mass is 10.1. The van der Waals surface area contributed by atoms with Crippen molar-refractivity contribution in [3.63, 3.8) is 0 Å². The molecular formula is C25H30N4O2. The number of carbonyl (C=O) groups is 1. The highest BCUT2D eigenvalue weighted by atomic mass is 16.5. The zero-order chi connectivity index (χ0) is 21.8. The number of fused-ring (bicyclic) bond motifs is 1. The van der Waals surface area contributed by atoms with E-state index in [1.807, 2.05) is 43.0 Å². The maximum atomic E-state index is 12.9. The molecule has 6 heteroatoms. The molecule has 31 heavy (non-hydrogen) atoms. The fourth-order valence-electron chi connectivity index (χ4n) is 3.83. The minimum Gasteiger partial charge on any atom is -0.492 e. The minimum atomic E-state index is -0.115. The highest BCUT2D eigenvalue weighted by Gasteiger charge is 2.26. The number of amides is 1. The van der Waals surface area contributed by atoms with Gasteiger partial charge in [0.15, 0.2) is 5.69 Å². The van der Waals surface area contributed by atoms with Crippen molar-refractivity contribution in [2.24, 2.45) is 0 Å². The van der Waals surface area contributed by atoms with Gasteiger partial charge < -0.3 is 15.0 Å². The zero-order valence-electron chi connectivity index (χ0n) is 18.5. The summed E-state index contributed by atoms with van der Waals surface area (Å²) in [6.07, 6.45) is 2.93. The first-order valence-electron chi connectivity index (χ1n) is 10.8. The largest absolute Gasteiger partial charge is 0.492 e. The first-order valence-corrected chi connectivity index (χ1v) is 10.8. The normalized spacial score (nSPS) is 12.8. The van der Waals surface area contributed by atoms with Gasteiger partial charge in [-0.3, -0.25) is 4.79 Å². The van der Waals surface area contributed by atoms with Crippen LogP contribution in [0, 0.1) is 6.92 Å². The van der Waals surface area contributed by atoms with Crippen LogP contribution in [-0.4, -0.2) is 47.8 Å². The molecule has 162 valence electrons. The third-order valence-corrected chi connectivity index (χ3v) is 5.61. The lowest BCUT2D eigenvalue weighted by Gasteiger charge is -2.11. The Morgan fingerprint density at radius 2 is 1.84 bits per heavy atom. The van der Waals surface area contributed by atoms with Gasteiger partial charge in [-0.15, -0.1) is 0 Å². The predicted molar refractivity (Wildman–Crippen MR) is 122 cm³/mol. The Balaban J connectivity index is 1.41. The predicted octanol–water partition coefficient (Wildman–Crippen LogP) is 3.54. The summed E-state index contributed by atoms with van der Waals surface area (Å²) in [4.78, 5) is 15.0. The molecule has 0 aliphatic heterocycles. The lowest BCUT2D eigenvalue weighted by Crippen LogP contribution is -2.24. The highest BCUT2D eigenvalue weighted by molar-refractivity contribution is 5.94. The van der Waals surface area contributed by atoms with Crippen LogP contribution in [0.5, 0.6) is 5.75 Å². The Morgan fingerprint density at radius 3 is 2.55 bits per heavy atom. The number of ether oxygens (including phenoxy) is 1. The molecule has 1 amide bonds. The van der Waals surface area contributed by atoms with Crippen molar-refractivity contribution in [2.45, 2.75) is 32.7 Å². The van der Waals surface area contributed by atoms with Gasteiger partial charge in [-0.2, -0.15) is 5.10 Å². The topological polar surface area (TPSA) is 59.4 Å². The second kappa shape index (κ2) is 9.35. The second-order valence-electron chi connectivity index (χ2n) is 8.35. The molecule has 1 aliphatic carbocycles. The van der Waals surface area contributed by atoms with Crippen LogP contribution in [0.3, 0.4) is 0 Å². The fraction of sp³-hybridized carbons (Fsp3) is 0.360. The number of hydrogen-bond acceptors (Lipinski definition) is 4. The summed E-state index contributed by atoms with van der Waals surface area (Å²) in [7, 11) is 4.04. The zero-order valence-corrected chi connectivity index (χ0v) is 18.5. The third kappa shape index (κ3) is 4.97. The number of hydrogen-bond donors (Lipinski definition) is 1. The molecule has 1 aromatic heterocycles. The van der Waals surface area contributed by atoms with Crippen molar-refractivity contribution in [1.29, 1.82) is 0 Å². The van der Waals surface area contributed by atoms with Crippen LogP contribution in [0.25, 0.3) is 5.69 Å². The van der Waals surface area contributed by atoms with E-state index >= 15 is 0 Å². The molecule has 0 unspecified atom stereocenters. The van der Waals surface area contributed by atoms with Crippen molar-refractivity contribution in [2.75, 3.05) is 27.2 Å². The van der Waals surface area contributed by atoms with Gasteiger partial charge in [0.1, 0.15) is 12.4 Å². The van der Waals surface area contributed by atoms with E-state index in [4.69, 9.17) is 4.74 Å². The summed E-state index contributed by atoms with van der Waals surface area (Å²) in [5.41, 5.74) is 6.04. The van der Waals surface area contributed by atoms with Crippen molar-refractivity contribution < 1.29 is 9.53 Å². The summed E-state index contributed by atoms with van der Waals surface area (Å²) >= 11 is 0. The van der Waals surface area contributed by atoms with E-state index < -0.39 is 0 Å². The van der Waals surface area contributed by atoms with E-state index in [0.29, 0.717) is 18.8 Å². The van der Waals surface area contributed by atoms with Gasteiger partial charge in [0, 0.05) is 24.3 Å². The SMILES string of the molecule is Cc1ccc(-n2nc(C(=O)NCc3ccc(OCCN(C)C)cc3)c3c2CCC3)cc1. The van der Waals surface area contributed by atoms with Gasteiger partial charge in [-0.05, 0) is 70.1 Å². The second-order valence-corrected chi connectivity index (χ2v) is 8.35. The molecule has 0 spiro atoms. The number of aromatic nitrogens is 2. The van der Waals surface area contributed by atoms with Crippen LogP contribution in [0.1, 0.15) is 39.3 Å². The van der Waals surface area contributed by atoms with Crippen molar-refractivity contribution >= 4 is 5.91 Å². The third-order valence-electron chi connectivity index (χ3n) is 5.61. The molecule has 0 saturated carbocycles. The molecule has 0 radical (unpaired) electrons. The summed E-state index contributed by atoms with van der Waals surface area (Å²) in [5.74, 6) is 0.724. The average molecular weight is 419 g/mol. The number of carbonyl (C=O) groups excluding carboxylic acids is 1. The van der Waals surface area contributed by atoms with Crippen molar-refractivity contribution in [1.82, 2.24) is 20.0 Å². The van der Waals surface area contributed by atoms with Crippen LogP contribution in [0.15, 0.2) is 48.5 Å². The summed E-state index contributed by atoms with van der Waals surface area (Å²) in [5, 5.41) is 7.72. The first kappa shape index (κ1) is 21.1. The lowest BCUT2D eigenvalue weighted by molar-refractivity contribution is 0.0944. The van der Waals surface area contributed by atoms with E-state index in [1.165, 1.54) is 5.56 Å². The average Bonchev–Trinajstić information content (AvgIpc) is 3.36. The summed E-state index contributed by atoms with van der Waals surface area (Å²) in [6.45, 7) is 4.05. The minimum absolute atomic E-state index is 0.115. The highest BCUT2D eigenvalue weighted by Crippen LogP contribution is 2.28. The van der Waals surface area contributed by atoms with Crippen molar-refractivity contribution in [3.8, 4) is 11.4 Å². The van der Waals surface area contributed by atoms with Crippen molar-refractivity contribution in [3.05, 3.63) is 76.6 Å². The smallest absolute Gasteiger partial charge is 0.272 e. The Bertz CT molecular complexity index is 1040. The molecule has 1 aliphatic rings. The van der Waals surface area contributed by atoms with Crippen LogP contribution >= 0.6 is 0 Å². The van der Waals surface area contributed by atoms with Crippen LogP contribution in [0.4, 0.5) is 0 Å². The molecular weight excluding hydrogens is 388 g/mol. The molecule has 0 atom stereocenters. The Morgan fingerprint density at radius 1 is 1.10 bits per heavy atom. The maximum Gasteiger partial charge on any atom is 0.272 e. The van der Waals surface area contributed by atoms with Gasteiger partial charge >= 0.3 is 0 Å². The van der Waals surface area contributed by atoms with E-state index in [9.17, 15) is 4.79 Å². The quantitative estimate of drug-likeness (QED) is 0.608. The maximum absolute atomic E-state index is 12.9. The number of benzene rings is 2. The molecule has 2 aromatic carbocycles. The van der Waals surface area contributed by atoms with E-state index in [1.54, 1.807) is 0 Å². The molecule has 4 rings (SSSR count). The van der Waals surface area contributed by atoms with Crippen LogP contribution in [-0.2, 0) is 19.4 Å². The van der Waals surface area contributed by atoms with E-state index in [-0.39, 0.29) is 5.91 Å². The van der Waals surface area contributed by atoms with Gasteiger partial charge in [-0.25, -0.2) is 4.68 Å². The first-order chi connectivity index (χ1) is 15.0. The molecule has 1 N–H and O–H groups in total. The Hall–Kier alpha value is -3.12. The number of aryl methyl sites for hydroxylation is 1. The van der Waals surface area contributed by atoms with E-state index in [2.05, 4.69) is 46.5 Å². The molecule has 0 saturated heterocycles. The monoisotopic (exact) mass is 418 g/mol. The number of likely N-dealkylation sites (N-methyl/N-ethyl adjacent to an activating group) is 1. The Labute approximate surface area is 183 Å². The molecule has 6 nitrogen and oxygen atoms in total. The number of nitrogens with zero attached hydrogens (tertiary/aromatic N) is 3. The van der Waals surface area contributed by atoms with Gasteiger partial charge in [0.2, 0.25) is 0 Å². The molecule has 1 heterocycles. The summed E-state index contributed by atoms with van der Waals surface area (Å²) < 4.78 is 7.67. The Kier molecular flexibility index (Phi) is 6.37. The fourth-order valence-corrected chi connectivity index (χ4v) is 3.83. The standard InChI is InChI=1S/C25H30N4O2/c1-18-7-11-20(12-8-18)29-23-6-4-5-22(23)24(27-29)25(30)26-17-19-9-13-21(14-10-19)31-16-15-28(2)3/h7-14H,4-6,15-17H2,1-3H3,(H,26,30). The van der Waals surface area contributed by atoms with Crippen LogP contribution in [0.2, 0.25) is 0 Å². The molecule has 3 aromatic rings. The van der Waals surface area contributed by atoms with Gasteiger partial charge in [0.05, 0.1) is 5.69 Å². The molecule has 0 bridgehead atoms. The number of nitrogens with one attached hydrogen (secondary N) is 1. The summed E-state index contributed by atoms with van der Waals surface area (Å²) in [6, 6.07) is 16.1. The van der Waals surface area contributed by atoms with Crippen LogP contribution < -0.4 is 10.1 Å². The van der Waals surface area contributed by atoms with E-state index in [0.717, 1.165) is 54.1 Å². The van der Waals surface area contributed by atoms with Gasteiger partial charge in [0.25, 0.3) is 5.91 Å². The number of rotatable bonds is 8.